The molecule has 110 valence electrons. The molecule has 2 fully saturated rings. The Kier molecular flexibility index (Phi) is 4.39. The summed E-state index contributed by atoms with van der Waals surface area (Å²) in [6.45, 7) is 5.81. The second kappa shape index (κ2) is 5.70. The minimum atomic E-state index is -0.409. The molecule has 0 aliphatic heterocycles. The lowest BCUT2D eigenvalue weighted by Crippen LogP contribution is -2.54. The van der Waals surface area contributed by atoms with Crippen molar-refractivity contribution >= 4 is 6.09 Å². The zero-order valence-electron chi connectivity index (χ0n) is 12.7. The molecule has 0 aromatic carbocycles. The molecule has 2 atom stereocenters. The molecule has 4 nitrogen and oxygen atoms in total. The smallest absolute Gasteiger partial charge is 0.410 e. The van der Waals surface area contributed by atoms with Crippen LogP contribution in [0.1, 0.15) is 59.3 Å². The van der Waals surface area contributed by atoms with Crippen molar-refractivity contribution in [2.75, 3.05) is 7.05 Å². The molecule has 0 saturated heterocycles. The Hall–Kier alpha value is -0.770. The van der Waals surface area contributed by atoms with E-state index in [1.54, 1.807) is 0 Å². The summed E-state index contributed by atoms with van der Waals surface area (Å²) in [7, 11) is 2.00. The molecule has 0 aromatic heterocycles. The number of nitrogens with one attached hydrogen (secondary N) is 1. The molecule has 1 amide bonds. The number of rotatable bonds is 3. The van der Waals surface area contributed by atoms with Gasteiger partial charge in [0.2, 0.25) is 0 Å². The van der Waals surface area contributed by atoms with Gasteiger partial charge in [-0.2, -0.15) is 0 Å². The van der Waals surface area contributed by atoms with Gasteiger partial charge < -0.3 is 15.0 Å². The van der Waals surface area contributed by atoms with Crippen molar-refractivity contribution in [1.29, 1.82) is 0 Å². The van der Waals surface area contributed by atoms with Crippen LogP contribution in [0.3, 0.4) is 0 Å². The van der Waals surface area contributed by atoms with Gasteiger partial charge in [-0.05, 0) is 53.5 Å². The lowest BCUT2D eigenvalue weighted by Gasteiger charge is -2.40. The predicted molar refractivity (Wildman–Crippen MR) is 76.2 cm³/mol. The minimum absolute atomic E-state index is 0.123. The number of carbonyl (C=O) groups is 1. The molecular weight excluding hydrogens is 240 g/mol. The Morgan fingerprint density at radius 2 is 1.79 bits per heavy atom. The fourth-order valence-electron chi connectivity index (χ4n) is 3.00. The highest BCUT2D eigenvalue weighted by atomic mass is 16.6. The molecule has 0 bridgehead atoms. The van der Waals surface area contributed by atoms with Crippen molar-refractivity contribution < 1.29 is 9.53 Å². The van der Waals surface area contributed by atoms with Gasteiger partial charge in [0.25, 0.3) is 0 Å². The third kappa shape index (κ3) is 3.85. The van der Waals surface area contributed by atoms with E-state index in [0.29, 0.717) is 18.1 Å². The van der Waals surface area contributed by atoms with Crippen LogP contribution < -0.4 is 5.32 Å². The molecule has 19 heavy (non-hydrogen) atoms. The molecular formula is C15H28N2O2. The molecule has 0 unspecified atom stereocenters. The van der Waals surface area contributed by atoms with Gasteiger partial charge in [-0.15, -0.1) is 0 Å². The maximum Gasteiger partial charge on any atom is 0.410 e. The zero-order chi connectivity index (χ0) is 14.0. The van der Waals surface area contributed by atoms with E-state index in [0.717, 1.165) is 25.7 Å². The first kappa shape index (κ1) is 14.6. The highest BCUT2D eigenvalue weighted by Gasteiger charge is 2.42. The molecule has 0 heterocycles. The average molecular weight is 268 g/mol. The van der Waals surface area contributed by atoms with Gasteiger partial charge in [0.05, 0.1) is 6.04 Å². The Balaban J connectivity index is 2.08. The van der Waals surface area contributed by atoms with E-state index in [-0.39, 0.29) is 6.09 Å². The van der Waals surface area contributed by atoms with Crippen LogP contribution in [0.25, 0.3) is 0 Å². The molecule has 0 aromatic rings. The van der Waals surface area contributed by atoms with Crippen molar-refractivity contribution in [3.05, 3.63) is 0 Å². The van der Waals surface area contributed by atoms with Crippen molar-refractivity contribution in [3.63, 3.8) is 0 Å². The summed E-state index contributed by atoms with van der Waals surface area (Å²) in [5.41, 5.74) is -0.409. The summed E-state index contributed by atoms with van der Waals surface area (Å²) < 4.78 is 5.61. The molecule has 2 saturated carbocycles. The van der Waals surface area contributed by atoms with Crippen LogP contribution in [0.2, 0.25) is 0 Å². The van der Waals surface area contributed by atoms with Crippen LogP contribution in [0.5, 0.6) is 0 Å². The van der Waals surface area contributed by atoms with E-state index in [4.69, 9.17) is 4.74 Å². The summed E-state index contributed by atoms with van der Waals surface area (Å²) in [6, 6.07) is 1.14. The first-order chi connectivity index (χ1) is 8.92. The van der Waals surface area contributed by atoms with E-state index in [2.05, 4.69) is 5.32 Å². The largest absolute Gasteiger partial charge is 0.444 e. The molecule has 0 spiro atoms. The van der Waals surface area contributed by atoms with E-state index < -0.39 is 5.60 Å². The van der Waals surface area contributed by atoms with E-state index in [1.807, 2.05) is 32.7 Å². The number of hydrogen-bond acceptors (Lipinski definition) is 3. The molecule has 2 aliphatic carbocycles. The Morgan fingerprint density at radius 1 is 1.16 bits per heavy atom. The van der Waals surface area contributed by atoms with Crippen LogP contribution in [-0.2, 0) is 4.74 Å². The third-order valence-electron chi connectivity index (χ3n) is 4.00. The molecule has 0 radical (unpaired) electrons. The van der Waals surface area contributed by atoms with Crippen molar-refractivity contribution in [3.8, 4) is 0 Å². The van der Waals surface area contributed by atoms with Gasteiger partial charge in [-0.1, -0.05) is 12.8 Å². The maximum absolute atomic E-state index is 12.5. The predicted octanol–water partition coefficient (Wildman–Crippen LogP) is 2.92. The van der Waals surface area contributed by atoms with Crippen LogP contribution >= 0.6 is 0 Å². The van der Waals surface area contributed by atoms with Gasteiger partial charge in [-0.3, -0.25) is 0 Å². The minimum Gasteiger partial charge on any atom is -0.444 e. The Labute approximate surface area is 116 Å². The second-order valence-electron chi connectivity index (χ2n) is 6.87. The molecule has 1 N–H and O–H groups in total. The summed E-state index contributed by atoms with van der Waals surface area (Å²) in [6.07, 6.45) is 6.87. The van der Waals surface area contributed by atoms with E-state index >= 15 is 0 Å². The highest BCUT2D eigenvalue weighted by Crippen LogP contribution is 2.35. The van der Waals surface area contributed by atoms with E-state index in [9.17, 15) is 4.79 Å². The third-order valence-corrected chi connectivity index (χ3v) is 4.00. The SMILES string of the molecule is CN[C@H]1CCCC[C@@H]1N(C(=O)OC(C)(C)C)C1CC1. The number of amides is 1. The van der Waals surface area contributed by atoms with Crippen LogP contribution in [-0.4, -0.2) is 41.8 Å². The van der Waals surface area contributed by atoms with E-state index in [1.165, 1.54) is 12.8 Å². The Morgan fingerprint density at radius 3 is 2.32 bits per heavy atom. The van der Waals surface area contributed by atoms with Crippen molar-refractivity contribution in [2.24, 2.45) is 0 Å². The molecule has 2 rings (SSSR count). The lowest BCUT2D eigenvalue weighted by molar-refractivity contribution is 0.00563. The van der Waals surface area contributed by atoms with Gasteiger partial charge >= 0.3 is 6.09 Å². The first-order valence-corrected chi connectivity index (χ1v) is 7.61. The van der Waals surface area contributed by atoms with Gasteiger partial charge in [0.15, 0.2) is 0 Å². The van der Waals surface area contributed by atoms with Crippen molar-refractivity contribution in [2.45, 2.75) is 83.0 Å². The number of ether oxygens (including phenoxy) is 1. The summed E-state index contributed by atoms with van der Waals surface area (Å²) in [4.78, 5) is 14.5. The maximum atomic E-state index is 12.5. The fraction of sp³-hybridized carbons (Fsp3) is 0.933. The molecule has 4 heteroatoms. The fourth-order valence-corrected chi connectivity index (χ4v) is 3.00. The van der Waals surface area contributed by atoms with Gasteiger partial charge in [-0.25, -0.2) is 4.79 Å². The normalized spacial score (nSPS) is 28.0. The standard InChI is InChI=1S/C15H28N2O2/c1-15(2,3)19-14(18)17(11-9-10-11)13-8-6-5-7-12(13)16-4/h11-13,16H,5-10H2,1-4H3/t12-,13-/m0/s1. The Bertz CT molecular complexity index is 321. The van der Waals surface area contributed by atoms with Crippen molar-refractivity contribution in [1.82, 2.24) is 10.2 Å². The second-order valence-corrected chi connectivity index (χ2v) is 6.87. The average Bonchev–Trinajstić information content (AvgIpc) is 3.12. The van der Waals surface area contributed by atoms with Crippen LogP contribution in [0.4, 0.5) is 4.79 Å². The van der Waals surface area contributed by atoms with Crippen LogP contribution in [0, 0.1) is 0 Å². The summed E-state index contributed by atoms with van der Waals surface area (Å²) in [5.74, 6) is 0. The summed E-state index contributed by atoms with van der Waals surface area (Å²) >= 11 is 0. The topological polar surface area (TPSA) is 41.6 Å². The quantitative estimate of drug-likeness (QED) is 0.855. The lowest BCUT2D eigenvalue weighted by atomic mass is 9.89. The number of hydrogen-bond donors (Lipinski definition) is 1. The van der Waals surface area contributed by atoms with Crippen LogP contribution in [0.15, 0.2) is 0 Å². The molecule has 2 aliphatic rings. The monoisotopic (exact) mass is 268 g/mol. The van der Waals surface area contributed by atoms with Gasteiger partial charge in [0.1, 0.15) is 5.60 Å². The number of carbonyl (C=O) groups excluding carboxylic acids is 1. The van der Waals surface area contributed by atoms with Gasteiger partial charge in [0, 0.05) is 12.1 Å². The highest BCUT2D eigenvalue weighted by molar-refractivity contribution is 5.69. The number of likely N-dealkylation sites (N-methyl/N-ethyl adjacent to an activating group) is 1. The summed E-state index contributed by atoms with van der Waals surface area (Å²) in [5, 5.41) is 3.39. The zero-order valence-corrected chi connectivity index (χ0v) is 12.7. The first-order valence-electron chi connectivity index (χ1n) is 7.61. The number of nitrogens with zero attached hydrogens (tertiary/aromatic N) is 1.